The minimum absolute atomic E-state index is 0.0855. The lowest BCUT2D eigenvalue weighted by Gasteiger charge is -2.31. The zero-order valence-corrected chi connectivity index (χ0v) is 13.1. The molecule has 1 heterocycles. The Labute approximate surface area is 124 Å². The molecule has 1 fully saturated rings. The smallest absolute Gasteiger partial charge is 0.270 e. The van der Waals surface area contributed by atoms with Crippen LogP contribution in [0.25, 0.3) is 0 Å². The highest BCUT2D eigenvalue weighted by atomic mass is 32.2. The van der Waals surface area contributed by atoms with Gasteiger partial charge in [0.2, 0.25) is 10.0 Å². The van der Waals surface area contributed by atoms with Crippen molar-refractivity contribution in [2.24, 2.45) is 0 Å². The zero-order chi connectivity index (χ0) is 15.8. The van der Waals surface area contributed by atoms with Crippen LogP contribution in [0.15, 0.2) is 17.0 Å². The maximum atomic E-state index is 12.8. The highest BCUT2D eigenvalue weighted by Gasteiger charge is 2.31. The molecule has 1 aromatic carbocycles. The lowest BCUT2D eigenvalue weighted by Crippen LogP contribution is -2.51. The van der Waals surface area contributed by atoms with E-state index in [-0.39, 0.29) is 16.6 Å². The van der Waals surface area contributed by atoms with Crippen LogP contribution < -0.4 is 5.32 Å². The van der Waals surface area contributed by atoms with Crippen LogP contribution in [0.2, 0.25) is 0 Å². The van der Waals surface area contributed by atoms with Crippen LogP contribution >= 0.6 is 0 Å². The third kappa shape index (κ3) is 3.07. The molecule has 2 rings (SSSR count). The van der Waals surface area contributed by atoms with Crippen LogP contribution in [0, 0.1) is 24.0 Å². The van der Waals surface area contributed by atoms with Crippen LogP contribution in [0.4, 0.5) is 5.69 Å². The van der Waals surface area contributed by atoms with Crippen molar-refractivity contribution in [3.63, 3.8) is 0 Å². The highest BCUT2D eigenvalue weighted by molar-refractivity contribution is 7.89. The zero-order valence-electron chi connectivity index (χ0n) is 12.3. The Hall–Kier alpha value is -1.51. The van der Waals surface area contributed by atoms with Crippen molar-refractivity contribution in [2.45, 2.75) is 31.7 Å². The molecule has 0 aromatic heterocycles. The Morgan fingerprint density at radius 3 is 2.38 bits per heavy atom. The second kappa shape index (κ2) is 5.70. The third-order valence-corrected chi connectivity index (χ3v) is 5.76. The molecule has 0 radical (unpaired) electrons. The first-order chi connectivity index (χ1) is 9.73. The van der Waals surface area contributed by atoms with Gasteiger partial charge in [0.1, 0.15) is 0 Å². The van der Waals surface area contributed by atoms with E-state index in [0.29, 0.717) is 30.8 Å². The molecule has 7 nitrogen and oxygen atoms in total. The number of nitrogens with one attached hydrogen (secondary N) is 1. The van der Waals surface area contributed by atoms with Gasteiger partial charge in [0.05, 0.1) is 9.82 Å². The maximum absolute atomic E-state index is 12.8. The van der Waals surface area contributed by atoms with E-state index in [9.17, 15) is 18.5 Å². The van der Waals surface area contributed by atoms with Crippen molar-refractivity contribution in [1.29, 1.82) is 0 Å². The lowest BCUT2D eigenvalue weighted by atomic mass is 10.1. The van der Waals surface area contributed by atoms with Crippen molar-refractivity contribution < 1.29 is 13.3 Å². The molecule has 1 aromatic rings. The molecule has 0 amide bonds. The van der Waals surface area contributed by atoms with E-state index in [1.54, 1.807) is 13.8 Å². The number of hydrogen-bond acceptors (Lipinski definition) is 5. The van der Waals surface area contributed by atoms with Crippen molar-refractivity contribution in [1.82, 2.24) is 9.62 Å². The standard InChI is InChI=1S/C13H19N3O4S/c1-9-6-12(16(17)18)7-10(2)13(9)21(19,20)15-5-4-14-11(3)8-15/h6-7,11,14H,4-5,8H2,1-3H3. The topological polar surface area (TPSA) is 92.5 Å². The van der Waals surface area contributed by atoms with E-state index in [1.165, 1.54) is 16.4 Å². The molecule has 116 valence electrons. The molecule has 1 unspecified atom stereocenters. The van der Waals surface area contributed by atoms with Crippen molar-refractivity contribution in [3.8, 4) is 0 Å². The predicted octanol–water partition coefficient (Wildman–Crippen LogP) is 1.19. The Bertz CT molecular complexity index is 649. The maximum Gasteiger partial charge on any atom is 0.270 e. The van der Waals surface area contributed by atoms with Gasteiger partial charge in [-0.15, -0.1) is 0 Å². The number of hydrogen-bond donors (Lipinski definition) is 1. The molecule has 8 heteroatoms. The molecule has 0 aliphatic carbocycles. The molecule has 1 saturated heterocycles. The van der Waals surface area contributed by atoms with Gasteiger partial charge < -0.3 is 5.32 Å². The summed E-state index contributed by atoms with van der Waals surface area (Å²) in [5.41, 5.74) is 0.735. The first kappa shape index (κ1) is 15.9. The first-order valence-corrected chi connectivity index (χ1v) is 8.16. The predicted molar refractivity (Wildman–Crippen MR) is 78.8 cm³/mol. The number of rotatable bonds is 3. The summed E-state index contributed by atoms with van der Waals surface area (Å²) in [6.07, 6.45) is 0. The van der Waals surface area contributed by atoms with Gasteiger partial charge in [-0.2, -0.15) is 4.31 Å². The van der Waals surface area contributed by atoms with E-state index < -0.39 is 14.9 Å². The Morgan fingerprint density at radius 2 is 1.90 bits per heavy atom. The van der Waals surface area contributed by atoms with E-state index in [2.05, 4.69) is 5.32 Å². The molecule has 0 bridgehead atoms. The quantitative estimate of drug-likeness (QED) is 0.668. The summed E-state index contributed by atoms with van der Waals surface area (Å²) < 4.78 is 27.0. The fourth-order valence-corrected chi connectivity index (χ4v) is 4.63. The van der Waals surface area contributed by atoms with Gasteiger partial charge >= 0.3 is 0 Å². The number of nitrogens with zero attached hydrogens (tertiary/aromatic N) is 2. The van der Waals surface area contributed by atoms with E-state index in [4.69, 9.17) is 0 Å². The number of nitro groups is 1. The monoisotopic (exact) mass is 313 g/mol. The molecule has 1 aliphatic rings. The Kier molecular flexibility index (Phi) is 4.31. The average molecular weight is 313 g/mol. The SMILES string of the molecule is Cc1cc([N+](=O)[O-])cc(C)c1S(=O)(=O)N1CCNC(C)C1. The molecule has 1 aliphatic heterocycles. The molecule has 1 atom stereocenters. The number of sulfonamides is 1. The van der Waals surface area contributed by atoms with Crippen LogP contribution in [-0.4, -0.2) is 43.3 Å². The molecule has 21 heavy (non-hydrogen) atoms. The molecular formula is C13H19N3O4S. The van der Waals surface area contributed by atoms with Crippen molar-refractivity contribution in [3.05, 3.63) is 33.4 Å². The minimum Gasteiger partial charge on any atom is -0.312 e. The number of aryl methyl sites for hydroxylation is 2. The van der Waals surface area contributed by atoms with Gasteiger partial charge in [-0.1, -0.05) is 0 Å². The second-order valence-corrected chi connectivity index (χ2v) is 7.26. The summed E-state index contributed by atoms with van der Waals surface area (Å²) in [7, 11) is -3.63. The minimum atomic E-state index is -3.63. The van der Waals surface area contributed by atoms with Gasteiger partial charge in [0.15, 0.2) is 0 Å². The van der Waals surface area contributed by atoms with E-state index >= 15 is 0 Å². The Balaban J connectivity index is 2.47. The van der Waals surface area contributed by atoms with Gasteiger partial charge in [0, 0.05) is 37.8 Å². The second-order valence-electron chi connectivity index (χ2n) is 5.38. The van der Waals surface area contributed by atoms with E-state index in [0.717, 1.165) is 0 Å². The Morgan fingerprint density at radius 1 is 1.33 bits per heavy atom. The number of nitro benzene ring substituents is 1. The average Bonchev–Trinajstić information content (AvgIpc) is 2.37. The molecular weight excluding hydrogens is 294 g/mol. The summed E-state index contributed by atoms with van der Waals surface area (Å²) in [5, 5.41) is 14.0. The summed E-state index contributed by atoms with van der Waals surface area (Å²) in [6, 6.07) is 2.71. The fraction of sp³-hybridized carbons (Fsp3) is 0.538. The highest BCUT2D eigenvalue weighted by Crippen LogP contribution is 2.28. The van der Waals surface area contributed by atoms with Gasteiger partial charge in [-0.25, -0.2) is 8.42 Å². The van der Waals surface area contributed by atoms with Crippen molar-refractivity contribution >= 4 is 15.7 Å². The largest absolute Gasteiger partial charge is 0.312 e. The summed E-state index contributed by atoms with van der Waals surface area (Å²) in [4.78, 5) is 10.5. The van der Waals surface area contributed by atoms with Gasteiger partial charge in [-0.05, 0) is 31.9 Å². The number of non-ortho nitro benzene ring substituents is 1. The van der Waals surface area contributed by atoms with Gasteiger partial charge in [0.25, 0.3) is 5.69 Å². The third-order valence-electron chi connectivity index (χ3n) is 3.59. The first-order valence-electron chi connectivity index (χ1n) is 6.72. The summed E-state index contributed by atoms with van der Waals surface area (Å²) >= 11 is 0. The molecule has 0 saturated carbocycles. The van der Waals surface area contributed by atoms with Crippen LogP contribution in [0.1, 0.15) is 18.1 Å². The van der Waals surface area contributed by atoms with Gasteiger partial charge in [-0.3, -0.25) is 10.1 Å². The number of benzene rings is 1. The normalized spacial score (nSPS) is 20.4. The lowest BCUT2D eigenvalue weighted by molar-refractivity contribution is -0.385. The number of piperazine rings is 1. The fourth-order valence-electron chi connectivity index (χ4n) is 2.68. The van der Waals surface area contributed by atoms with Crippen LogP contribution in [0.5, 0.6) is 0 Å². The summed E-state index contributed by atoms with van der Waals surface area (Å²) in [5.74, 6) is 0. The summed E-state index contributed by atoms with van der Waals surface area (Å²) in [6.45, 7) is 6.53. The van der Waals surface area contributed by atoms with Crippen molar-refractivity contribution in [2.75, 3.05) is 19.6 Å². The molecule has 1 N–H and O–H groups in total. The van der Waals surface area contributed by atoms with Crippen LogP contribution in [-0.2, 0) is 10.0 Å². The van der Waals surface area contributed by atoms with Crippen LogP contribution in [0.3, 0.4) is 0 Å². The van der Waals surface area contributed by atoms with E-state index in [1.807, 2.05) is 6.92 Å². The molecule has 0 spiro atoms.